The largest absolute Gasteiger partial charge is 0.478 e. The van der Waals surface area contributed by atoms with Gasteiger partial charge >= 0.3 is 5.97 Å². The Morgan fingerprint density at radius 2 is 1.33 bits per heavy atom. The fraction of sp³-hybridized carbons (Fsp3) is 0.263. The Balaban J connectivity index is 0.00000139. The Labute approximate surface area is 147 Å². The number of ketones is 1. The molecule has 0 fully saturated rings. The third kappa shape index (κ3) is 5.10. The van der Waals surface area contributed by atoms with Gasteiger partial charge in [0.05, 0.1) is 0 Å². The first-order valence-electron chi connectivity index (χ1n) is 7.62. The van der Waals surface area contributed by atoms with Crippen LogP contribution in [0.2, 0.25) is 5.02 Å². The van der Waals surface area contributed by atoms with Crippen molar-refractivity contribution in [2.24, 2.45) is 0 Å². The van der Waals surface area contributed by atoms with Crippen molar-refractivity contribution in [3.8, 4) is 5.75 Å². The number of benzene rings is 2. The highest BCUT2D eigenvalue weighted by atomic mass is 35.5. The highest BCUT2D eigenvalue weighted by Gasteiger charge is 2.29. The van der Waals surface area contributed by atoms with Crippen LogP contribution in [0, 0.1) is 0 Å². The SMILES string of the molecule is CC.CC(C)(Oc1ccc(C(=O)c2ccc(Cl)cc2)cc1)C(=O)O. The third-order valence-electron chi connectivity index (χ3n) is 3.11. The molecule has 1 N–H and O–H groups in total. The summed E-state index contributed by atoms with van der Waals surface area (Å²) in [5, 5.41) is 9.59. The lowest BCUT2D eigenvalue weighted by Gasteiger charge is -2.21. The zero-order valence-electron chi connectivity index (χ0n) is 14.2. The van der Waals surface area contributed by atoms with Crippen LogP contribution in [0.25, 0.3) is 0 Å². The second kappa shape index (κ2) is 8.50. The fourth-order valence-electron chi connectivity index (χ4n) is 1.78. The molecule has 0 bridgehead atoms. The predicted octanol–water partition coefficient (Wildman–Crippen LogP) is 4.84. The van der Waals surface area contributed by atoms with Gasteiger partial charge in [-0.05, 0) is 62.4 Å². The van der Waals surface area contributed by atoms with Crippen molar-refractivity contribution in [2.45, 2.75) is 33.3 Å². The molecule has 2 rings (SSSR count). The number of rotatable bonds is 5. The van der Waals surface area contributed by atoms with Crippen LogP contribution >= 0.6 is 11.6 Å². The monoisotopic (exact) mass is 348 g/mol. The van der Waals surface area contributed by atoms with Crippen molar-refractivity contribution < 1.29 is 19.4 Å². The van der Waals surface area contributed by atoms with E-state index < -0.39 is 11.6 Å². The fourth-order valence-corrected chi connectivity index (χ4v) is 1.91. The number of carboxylic acid groups (broad SMARTS) is 1. The maximum Gasteiger partial charge on any atom is 0.347 e. The normalized spacial score (nSPS) is 10.4. The molecule has 0 aliphatic heterocycles. The highest BCUT2D eigenvalue weighted by Crippen LogP contribution is 2.21. The molecule has 0 aliphatic rings. The molecule has 0 atom stereocenters. The van der Waals surface area contributed by atoms with Crippen LogP contribution in [0.1, 0.15) is 43.6 Å². The van der Waals surface area contributed by atoms with Gasteiger partial charge in [-0.25, -0.2) is 4.79 Å². The van der Waals surface area contributed by atoms with Gasteiger partial charge in [-0.3, -0.25) is 4.79 Å². The average Bonchev–Trinajstić information content (AvgIpc) is 2.57. The number of halogens is 1. The number of hydrogen-bond acceptors (Lipinski definition) is 3. The molecule has 0 saturated heterocycles. The van der Waals surface area contributed by atoms with E-state index in [1.165, 1.54) is 13.8 Å². The molecule has 0 radical (unpaired) electrons. The summed E-state index contributed by atoms with van der Waals surface area (Å²) in [5.41, 5.74) is -0.312. The molecular formula is C19H21ClO4. The van der Waals surface area contributed by atoms with Crippen molar-refractivity contribution >= 4 is 23.4 Å². The molecule has 5 heteroatoms. The van der Waals surface area contributed by atoms with E-state index in [0.717, 1.165) is 0 Å². The number of carbonyl (C=O) groups excluding carboxylic acids is 1. The highest BCUT2D eigenvalue weighted by molar-refractivity contribution is 6.30. The van der Waals surface area contributed by atoms with E-state index in [2.05, 4.69) is 0 Å². The zero-order valence-corrected chi connectivity index (χ0v) is 14.9. The van der Waals surface area contributed by atoms with Crippen LogP contribution in [-0.2, 0) is 4.79 Å². The Bertz CT molecular complexity index is 688. The number of carboxylic acids is 1. The van der Waals surface area contributed by atoms with Crippen LogP contribution in [0.3, 0.4) is 0 Å². The van der Waals surface area contributed by atoms with Gasteiger partial charge in [-0.2, -0.15) is 0 Å². The van der Waals surface area contributed by atoms with E-state index in [-0.39, 0.29) is 5.78 Å². The molecule has 4 nitrogen and oxygen atoms in total. The lowest BCUT2D eigenvalue weighted by Crippen LogP contribution is -2.37. The van der Waals surface area contributed by atoms with Crippen LogP contribution in [0.5, 0.6) is 5.75 Å². The summed E-state index contributed by atoms with van der Waals surface area (Å²) in [4.78, 5) is 23.3. The molecule has 24 heavy (non-hydrogen) atoms. The van der Waals surface area contributed by atoms with Gasteiger partial charge in [0.15, 0.2) is 11.4 Å². The number of hydrogen-bond donors (Lipinski definition) is 1. The van der Waals surface area contributed by atoms with Crippen LogP contribution < -0.4 is 4.74 Å². The summed E-state index contributed by atoms with van der Waals surface area (Å²) in [6.45, 7) is 6.92. The van der Waals surface area contributed by atoms with E-state index in [4.69, 9.17) is 21.4 Å². The molecule has 0 amide bonds. The maximum absolute atomic E-state index is 12.3. The van der Waals surface area contributed by atoms with Crippen molar-refractivity contribution in [1.29, 1.82) is 0 Å². The van der Waals surface area contributed by atoms with E-state index in [9.17, 15) is 9.59 Å². The van der Waals surface area contributed by atoms with Gasteiger partial charge < -0.3 is 9.84 Å². The van der Waals surface area contributed by atoms with Gasteiger partial charge in [0.25, 0.3) is 0 Å². The summed E-state index contributed by atoms with van der Waals surface area (Å²) in [7, 11) is 0. The molecule has 2 aromatic rings. The average molecular weight is 349 g/mol. The van der Waals surface area contributed by atoms with Gasteiger partial charge in [-0.1, -0.05) is 25.4 Å². The van der Waals surface area contributed by atoms with Crippen LogP contribution in [0.15, 0.2) is 48.5 Å². The molecular weight excluding hydrogens is 328 g/mol. The van der Waals surface area contributed by atoms with Crippen molar-refractivity contribution in [3.05, 3.63) is 64.7 Å². The van der Waals surface area contributed by atoms with E-state index in [0.29, 0.717) is 21.9 Å². The second-order valence-corrected chi connectivity index (χ2v) is 5.71. The lowest BCUT2D eigenvalue weighted by molar-refractivity contribution is -0.152. The molecule has 0 unspecified atom stereocenters. The maximum atomic E-state index is 12.3. The van der Waals surface area contributed by atoms with Crippen molar-refractivity contribution in [3.63, 3.8) is 0 Å². The first-order valence-corrected chi connectivity index (χ1v) is 8.00. The Morgan fingerprint density at radius 1 is 0.917 bits per heavy atom. The molecule has 0 saturated carbocycles. The van der Waals surface area contributed by atoms with Gasteiger partial charge in [-0.15, -0.1) is 0 Å². The standard InChI is InChI=1S/C17H15ClO4.C2H6/c1-17(2,16(20)21)22-14-9-5-12(6-10-14)15(19)11-3-7-13(18)8-4-11;1-2/h3-10H,1-2H3,(H,20,21);1-2H3. The minimum Gasteiger partial charge on any atom is -0.478 e. The summed E-state index contributed by atoms with van der Waals surface area (Å²) < 4.78 is 5.39. The van der Waals surface area contributed by atoms with Crippen LogP contribution in [0.4, 0.5) is 0 Å². The molecule has 128 valence electrons. The Kier molecular flexibility index (Phi) is 6.98. The molecule has 0 spiro atoms. The summed E-state index contributed by atoms with van der Waals surface area (Å²) in [6.07, 6.45) is 0. The minimum absolute atomic E-state index is 0.138. The Hall–Kier alpha value is -2.33. The summed E-state index contributed by atoms with van der Waals surface area (Å²) >= 11 is 5.79. The van der Waals surface area contributed by atoms with E-state index in [1.54, 1.807) is 48.5 Å². The number of carbonyl (C=O) groups is 2. The van der Waals surface area contributed by atoms with Crippen molar-refractivity contribution in [1.82, 2.24) is 0 Å². The van der Waals surface area contributed by atoms with Crippen LogP contribution in [-0.4, -0.2) is 22.5 Å². The zero-order chi connectivity index (χ0) is 18.3. The minimum atomic E-state index is -1.33. The quantitative estimate of drug-likeness (QED) is 0.785. The second-order valence-electron chi connectivity index (χ2n) is 5.28. The lowest BCUT2D eigenvalue weighted by atomic mass is 10.0. The number of aliphatic carboxylic acids is 1. The smallest absolute Gasteiger partial charge is 0.347 e. The Morgan fingerprint density at radius 3 is 1.75 bits per heavy atom. The molecule has 2 aromatic carbocycles. The van der Waals surface area contributed by atoms with E-state index >= 15 is 0 Å². The first kappa shape index (κ1) is 19.7. The topological polar surface area (TPSA) is 63.6 Å². The van der Waals surface area contributed by atoms with Gasteiger partial charge in [0.1, 0.15) is 5.75 Å². The predicted molar refractivity (Wildman–Crippen MR) is 95.0 cm³/mol. The summed E-state index contributed by atoms with van der Waals surface area (Å²) in [5.74, 6) is -0.811. The van der Waals surface area contributed by atoms with E-state index in [1.807, 2.05) is 13.8 Å². The molecule has 0 aromatic heterocycles. The molecule has 0 heterocycles. The molecule has 0 aliphatic carbocycles. The van der Waals surface area contributed by atoms with Gasteiger partial charge in [0.2, 0.25) is 0 Å². The van der Waals surface area contributed by atoms with Gasteiger partial charge in [0, 0.05) is 16.1 Å². The first-order chi connectivity index (χ1) is 11.3. The number of ether oxygens (including phenoxy) is 1. The summed E-state index contributed by atoms with van der Waals surface area (Å²) in [6, 6.07) is 13.0. The van der Waals surface area contributed by atoms with Crippen molar-refractivity contribution in [2.75, 3.05) is 0 Å². The third-order valence-corrected chi connectivity index (χ3v) is 3.36.